The zero-order chi connectivity index (χ0) is 29.1. The van der Waals surface area contributed by atoms with Crippen molar-refractivity contribution in [3.63, 3.8) is 0 Å². The van der Waals surface area contributed by atoms with Crippen LogP contribution in [0, 0.1) is 5.82 Å². The number of nitrogens with zero attached hydrogens (tertiary/aromatic N) is 3. The highest BCUT2D eigenvalue weighted by Gasteiger charge is 2.31. The Balaban J connectivity index is 1.27. The third-order valence-corrected chi connectivity index (χ3v) is 8.78. The SMILES string of the molecule is C[C@H](C(=O)N[C@H](CO)c1cc(F)cc(OO)c1)N1Cc2ccc(-c3nc(NC4CCOCC4F)ncc3Br)cc2S1. The molecule has 218 valence electrons. The predicted molar refractivity (Wildman–Crippen MR) is 151 cm³/mol. The van der Waals surface area contributed by atoms with Crippen LogP contribution in [0.25, 0.3) is 11.3 Å². The number of aliphatic hydroxyl groups excluding tert-OH is 1. The third-order valence-electron chi connectivity index (χ3n) is 6.94. The summed E-state index contributed by atoms with van der Waals surface area (Å²) >= 11 is 4.94. The average molecular weight is 653 g/mol. The van der Waals surface area contributed by atoms with Crippen LogP contribution in [-0.4, -0.2) is 68.6 Å². The van der Waals surface area contributed by atoms with E-state index in [1.165, 1.54) is 18.0 Å². The molecule has 0 radical (unpaired) electrons. The number of amides is 1. The summed E-state index contributed by atoms with van der Waals surface area (Å²) in [5.74, 6) is -0.862. The number of ether oxygens (including phenoxy) is 1. The summed E-state index contributed by atoms with van der Waals surface area (Å²) in [6.07, 6.45) is 1.00. The molecule has 2 aromatic carbocycles. The van der Waals surface area contributed by atoms with Crippen LogP contribution in [0.3, 0.4) is 0 Å². The van der Waals surface area contributed by atoms with Crippen LogP contribution in [0.5, 0.6) is 5.75 Å². The number of aromatic nitrogens is 2. The van der Waals surface area contributed by atoms with Gasteiger partial charge in [-0.2, -0.15) is 0 Å². The van der Waals surface area contributed by atoms with Crippen molar-refractivity contribution in [1.82, 2.24) is 19.6 Å². The molecule has 3 aromatic rings. The molecule has 3 heterocycles. The van der Waals surface area contributed by atoms with Crippen LogP contribution >= 0.6 is 27.9 Å². The number of rotatable bonds is 9. The van der Waals surface area contributed by atoms with Gasteiger partial charge in [0.05, 0.1) is 41.5 Å². The van der Waals surface area contributed by atoms with Gasteiger partial charge in [-0.15, -0.1) is 0 Å². The molecular formula is C27H28BrF2N5O5S. The standard InChI is InChI=1S/C27H28BrF2N5O5S/c1-14(26(37)32-23(12-36)17-6-18(29)9-19(7-17)40-38)35-11-16-3-2-15(8-24(16)41-35)25-20(28)10-31-27(34-25)33-22-4-5-39-13-21(22)30/h2-3,6-10,14,21-23,36,38H,4-5,11-13H2,1H3,(H,32,37)(H,31,33,34)/t14-,21?,22?,23-/m1/s1. The highest BCUT2D eigenvalue weighted by molar-refractivity contribution is 9.10. The van der Waals surface area contributed by atoms with Gasteiger partial charge >= 0.3 is 0 Å². The summed E-state index contributed by atoms with van der Waals surface area (Å²) in [6, 6.07) is 7.44. The number of halogens is 3. The third kappa shape index (κ3) is 6.79. The van der Waals surface area contributed by atoms with Crippen LogP contribution in [0.1, 0.15) is 30.5 Å². The van der Waals surface area contributed by atoms with Gasteiger partial charge in [0.15, 0.2) is 5.75 Å². The molecule has 14 heteroatoms. The Kier molecular flexibility index (Phi) is 9.36. The molecule has 2 aliphatic heterocycles. The quantitative estimate of drug-likeness (QED) is 0.149. The number of nitrogens with one attached hydrogen (secondary N) is 2. The van der Waals surface area contributed by atoms with E-state index in [1.807, 2.05) is 22.5 Å². The van der Waals surface area contributed by atoms with Gasteiger partial charge in [-0.05, 0) is 70.5 Å². The van der Waals surface area contributed by atoms with Crippen LogP contribution in [-0.2, 0) is 16.1 Å². The van der Waals surface area contributed by atoms with E-state index in [4.69, 9.17) is 9.99 Å². The lowest BCUT2D eigenvalue weighted by Crippen LogP contribution is -2.43. The maximum atomic E-state index is 14.2. The van der Waals surface area contributed by atoms with E-state index < -0.39 is 36.7 Å². The Labute approximate surface area is 247 Å². The molecule has 1 fully saturated rings. The average Bonchev–Trinajstić information content (AvgIpc) is 3.40. The molecule has 2 unspecified atom stereocenters. The zero-order valence-corrected chi connectivity index (χ0v) is 24.3. The fraction of sp³-hybridized carbons (Fsp3) is 0.370. The molecule has 2 aliphatic rings. The Morgan fingerprint density at radius 2 is 2.17 bits per heavy atom. The van der Waals surface area contributed by atoms with Crippen molar-refractivity contribution in [3.05, 3.63) is 64.0 Å². The molecule has 0 spiro atoms. The van der Waals surface area contributed by atoms with Crippen molar-refractivity contribution >= 4 is 39.7 Å². The van der Waals surface area contributed by atoms with Crippen molar-refractivity contribution in [2.75, 3.05) is 25.1 Å². The van der Waals surface area contributed by atoms with E-state index in [0.29, 0.717) is 35.7 Å². The molecular weight excluding hydrogens is 624 g/mol. The molecule has 1 saturated heterocycles. The lowest BCUT2D eigenvalue weighted by Gasteiger charge is -2.26. The summed E-state index contributed by atoms with van der Waals surface area (Å²) in [4.78, 5) is 27.1. The summed E-state index contributed by atoms with van der Waals surface area (Å²) in [7, 11) is 0. The number of hydrogen-bond acceptors (Lipinski definition) is 10. The van der Waals surface area contributed by atoms with Gasteiger partial charge < -0.3 is 25.4 Å². The normalized spacial score (nSPS) is 20.2. The van der Waals surface area contributed by atoms with E-state index in [-0.39, 0.29) is 23.8 Å². The fourth-order valence-corrected chi connectivity index (χ4v) is 6.19. The topological polar surface area (TPSA) is 129 Å². The second kappa shape index (κ2) is 13.0. The smallest absolute Gasteiger partial charge is 0.238 e. The summed E-state index contributed by atoms with van der Waals surface area (Å²) in [6.45, 7) is 2.28. The van der Waals surface area contributed by atoms with Gasteiger partial charge in [0.1, 0.15) is 12.0 Å². The van der Waals surface area contributed by atoms with Crippen LogP contribution in [0.15, 0.2) is 52.0 Å². The van der Waals surface area contributed by atoms with E-state index in [9.17, 15) is 18.7 Å². The van der Waals surface area contributed by atoms with E-state index >= 15 is 0 Å². The summed E-state index contributed by atoms with van der Waals surface area (Å²) in [5, 5.41) is 24.6. The molecule has 10 nitrogen and oxygen atoms in total. The zero-order valence-electron chi connectivity index (χ0n) is 21.9. The molecule has 0 bridgehead atoms. The minimum absolute atomic E-state index is 0.0428. The van der Waals surface area contributed by atoms with Gasteiger partial charge in [0.25, 0.3) is 0 Å². The number of carbonyl (C=O) groups excluding carboxylic acids is 1. The molecule has 5 rings (SSSR count). The number of aliphatic hydroxyl groups is 1. The number of hydrogen-bond donors (Lipinski definition) is 4. The largest absolute Gasteiger partial charge is 0.394 e. The Hall–Kier alpha value is -2.88. The van der Waals surface area contributed by atoms with E-state index in [1.54, 1.807) is 13.1 Å². The van der Waals surface area contributed by atoms with E-state index in [2.05, 4.69) is 41.4 Å². The van der Waals surface area contributed by atoms with Crippen molar-refractivity contribution < 1.29 is 33.6 Å². The van der Waals surface area contributed by atoms with Gasteiger partial charge in [0, 0.05) is 35.9 Å². The maximum Gasteiger partial charge on any atom is 0.238 e. The van der Waals surface area contributed by atoms with Crippen molar-refractivity contribution in [2.45, 2.75) is 49.1 Å². The Bertz CT molecular complexity index is 1420. The maximum absolute atomic E-state index is 14.2. The molecule has 0 saturated carbocycles. The number of benzene rings is 2. The monoisotopic (exact) mass is 651 g/mol. The fourth-order valence-electron chi connectivity index (χ4n) is 4.63. The molecule has 4 N–H and O–H groups in total. The lowest BCUT2D eigenvalue weighted by atomic mass is 10.1. The van der Waals surface area contributed by atoms with Crippen LogP contribution in [0.2, 0.25) is 0 Å². The van der Waals surface area contributed by atoms with Crippen molar-refractivity contribution in [2.24, 2.45) is 0 Å². The number of alkyl halides is 1. The first-order valence-electron chi connectivity index (χ1n) is 12.9. The summed E-state index contributed by atoms with van der Waals surface area (Å²) < 4.78 is 35.9. The first kappa shape index (κ1) is 29.6. The second-order valence-corrected chi connectivity index (χ2v) is 11.7. The van der Waals surface area contributed by atoms with E-state index in [0.717, 1.165) is 28.2 Å². The number of carbonyl (C=O) groups is 1. The summed E-state index contributed by atoms with van der Waals surface area (Å²) in [5.41, 5.74) is 2.75. The first-order chi connectivity index (χ1) is 19.7. The predicted octanol–water partition coefficient (Wildman–Crippen LogP) is 4.50. The molecule has 1 amide bonds. The molecule has 41 heavy (non-hydrogen) atoms. The van der Waals surface area contributed by atoms with Crippen LogP contribution < -0.4 is 15.5 Å². The molecule has 1 aromatic heterocycles. The van der Waals surface area contributed by atoms with Gasteiger partial charge in [0.2, 0.25) is 11.9 Å². The lowest BCUT2D eigenvalue weighted by molar-refractivity contribution is -0.137. The minimum atomic E-state index is -1.14. The first-order valence-corrected chi connectivity index (χ1v) is 14.4. The molecule has 0 aliphatic carbocycles. The molecule has 4 atom stereocenters. The Morgan fingerprint density at radius 1 is 1.34 bits per heavy atom. The second-order valence-electron chi connectivity index (χ2n) is 9.74. The van der Waals surface area contributed by atoms with Crippen molar-refractivity contribution in [3.8, 4) is 17.0 Å². The number of fused-ring (bicyclic) bond motifs is 1. The van der Waals surface area contributed by atoms with Gasteiger partial charge in [-0.1, -0.05) is 12.1 Å². The minimum Gasteiger partial charge on any atom is -0.394 e. The highest BCUT2D eigenvalue weighted by atomic mass is 79.9. The van der Waals surface area contributed by atoms with Crippen molar-refractivity contribution in [1.29, 1.82) is 0 Å². The number of anilines is 1. The van der Waals surface area contributed by atoms with Gasteiger partial charge in [-0.3, -0.25) is 4.79 Å². The Morgan fingerprint density at radius 3 is 2.93 bits per heavy atom. The van der Waals surface area contributed by atoms with Gasteiger partial charge in [-0.25, -0.2) is 28.3 Å². The van der Waals surface area contributed by atoms with Crippen LogP contribution in [0.4, 0.5) is 14.7 Å². The highest BCUT2D eigenvalue weighted by Crippen LogP contribution is 2.40.